The van der Waals surface area contributed by atoms with Gasteiger partial charge in [-0.25, -0.2) is 9.79 Å². The van der Waals surface area contributed by atoms with Crippen LogP contribution in [0.2, 0.25) is 0 Å². The Balaban J connectivity index is 1.54. The lowest BCUT2D eigenvalue weighted by atomic mass is 10.1. The molecule has 8 heteroatoms. The Kier molecular flexibility index (Phi) is 6.98. The average molecular weight is 475 g/mol. The van der Waals surface area contributed by atoms with E-state index in [9.17, 15) is 9.59 Å². The molecule has 1 aliphatic heterocycles. The molecule has 0 spiro atoms. The Morgan fingerprint density at radius 2 is 1.68 bits per heavy atom. The van der Waals surface area contributed by atoms with Crippen molar-refractivity contribution in [2.24, 2.45) is 4.99 Å². The molecule has 3 aromatic rings. The molecule has 34 heavy (non-hydrogen) atoms. The van der Waals surface area contributed by atoms with Crippen LogP contribution in [0.4, 0.5) is 5.69 Å². The standard InChI is InChI=1S/C26H22N2O5S/c1-16-4-7-18(8-5-16)25(30)33-22-14-17(6-13-21(22)32-3)15-23-24(29)28-26(34-23)27-19-9-11-20(31-2)12-10-19/h4-15H,1-3H3,(H,27,28,29)/b23-15+. The summed E-state index contributed by atoms with van der Waals surface area (Å²) in [6, 6.07) is 19.4. The van der Waals surface area contributed by atoms with Crippen LogP contribution in [-0.4, -0.2) is 31.3 Å². The highest BCUT2D eigenvalue weighted by molar-refractivity contribution is 8.18. The number of amidine groups is 1. The van der Waals surface area contributed by atoms with Gasteiger partial charge in [-0.15, -0.1) is 0 Å². The molecule has 1 amide bonds. The topological polar surface area (TPSA) is 86.2 Å². The van der Waals surface area contributed by atoms with Gasteiger partial charge in [-0.3, -0.25) is 4.79 Å². The van der Waals surface area contributed by atoms with Gasteiger partial charge >= 0.3 is 5.97 Å². The predicted octanol–water partition coefficient (Wildman–Crippen LogP) is 5.12. The van der Waals surface area contributed by atoms with Crippen molar-refractivity contribution in [1.82, 2.24) is 5.32 Å². The van der Waals surface area contributed by atoms with Crippen molar-refractivity contribution in [3.05, 3.63) is 88.3 Å². The highest BCUT2D eigenvalue weighted by Gasteiger charge is 2.24. The first kappa shape index (κ1) is 23.1. The fourth-order valence-electron chi connectivity index (χ4n) is 3.12. The van der Waals surface area contributed by atoms with Crippen LogP contribution in [0, 0.1) is 6.92 Å². The Hall–Kier alpha value is -4.04. The maximum Gasteiger partial charge on any atom is 0.343 e. The molecule has 3 aromatic carbocycles. The highest BCUT2D eigenvalue weighted by Crippen LogP contribution is 2.33. The van der Waals surface area contributed by atoms with E-state index in [0.717, 1.165) is 11.3 Å². The molecule has 0 saturated carbocycles. The zero-order valence-corrected chi connectivity index (χ0v) is 19.6. The van der Waals surface area contributed by atoms with Gasteiger partial charge in [0.25, 0.3) is 5.91 Å². The van der Waals surface area contributed by atoms with Crippen LogP contribution in [-0.2, 0) is 4.79 Å². The van der Waals surface area contributed by atoms with E-state index >= 15 is 0 Å². The summed E-state index contributed by atoms with van der Waals surface area (Å²) in [5, 5.41) is 3.23. The van der Waals surface area contributed by atoms with Crippen molar-refractivity contribution in [3.8, 4) is 17.2 Å². The van der Waals surface area contributed by atoms with Crippen LogP contribution in [0.25, 0.3) is 6.08 Å². The number of hydrogen-bond acceptors (Lipinski definition) is 7. The van der Waals surface area contributed by atoms with Crippen LogP contribution in [0.3, 0.4) is 0 Å². The summed E-state index contributed by atoms with van der Waals surface area (Å²) in [6.45, 7) is 1.94. The molecule has 0 bridgehead atoms. The number of nitrogens with zero attached hydrogens (tertiary/aromatic N) is 1. The number of amides is 1. The van der Waals surface area contributed by atoms with Crippen LogP contribution in [0.5, 0.6) is 17.2 Å². The van der Waals surface area contributed by atoms with Gasteiger partial charge in [-0.1, -0.05) is 23.8 Å². The van der Waals surface area contributed by atoms with Crippen LogP contribution < -0.4 is 19.5 Å². The Morgan fingerprint density at radius 1 is 0.941 bits per heavy atom. The van der Waals surface area contributed by atoms with Gasteiger partial charge in [0.15, 0.2) is 16.7 Å². The first-order valence-corrected chi connectivity index (χ1v) is 11.2. The minimum atomic E-state index is -0.495. The molecule has 1 heterocycles. The van der Waals surface area contributed by atoms with Gasteiger partial charge in [-0.2, -0.15) is 0 Å². The third-order valence-electron chi connectivity index (χ3n) is 4.93. The monoisotopic (exact) mass is 474 g/mol. The summed E-state index contributed by atoms with van der Waals surface area (Å²) >= 11 is 1.23. The number of methoxy groups -OCH3 is 2. The van der Waals surface area contributed by atoms with E-state index in [1.807, 2.05) is 19.1 Å². The van der Waals surface area contributed by atoms with Gasteiger partial charge in [0.05, 0.1) is 30.4 Å². The minimum Gasteiger partial charge on any atom is -0.497 e. The molecule has 0 aliphatic carbocycles. The Bertz CT molecular complexity index is 1280. The van der Waals surface area contributed by atoms with E-state index in [1.165, 1.54) is 18.9 Å². The third kappa shape index (κ3) is 5.47. The Morgan fingerprint density at radius 3 is 2.35 bits per heavy atom. The van der Waals surface area contributed by atoms with Crippen molar-refractivity contribution in [3.63, 3.8) is 0 Å². The summed E-state index contributed by atoms with van der Waals surface area (Å²) < 4.78 is 16.1. The first-order chi connectivity index (χ1) is 16.4. The predicted molar refractivity (Wildman–Crippen MR) is 133 cm³/mol. The Labute approximate surface area is 201 Å². The number of benzene rings is 3. The van der Waals surface area contributed by atoms with Gasteiger partial charge in [0.1, 0.15) is 5.75 Å². The van der Waals surface area contributed by atoms with Crippen molar-refractivity contribution in [1.29, 1.82) is 0 Å². The molecule has 0 unspecified atom stereocenters. The first-order valence-electron chi connectivity index (χ1n) is 10.4. The van der Waals surface area contributed by atoms with Crippen LogP contribution >= 0.6 is 11.8 Å². The lowest BCUT2D eigenvalue weighted by Gasteiger charge is -2.10. The summed E-state index contributed by atoms with van der Waals surface area (Å²) in [4.78, 5) is 30.0. The van der Waals surface area contributed by atoms with E-state index in [0.29, 0.717) is 32.6 Å². The van der Waals surface area contributed by atoms with E-state index < -0.39 is 5.97 Å². The van der Waals surface area contributed by atoms with Crippen LogP contribution in [0.15, 0.2) is 76.6 Å². The van der Waals surface area contributed by atoms with Gasteiger partial charge in [0.2, 0.25) is 0 Å². The normalized spacial score (nSPS) is 15.3. The molecule has 0 radical (unpaired) electrons. The quantitative estimate of drug-likeness (QED) is 0.303. The number of thioether (sulfide) groups is 1. The van der Waals surface area contributed by atoms with Crippen molar-refractivity contribution in [2.75, 3.05) is 14.2 Å². The number of ether oxygens (including phenoxy) is 3. The second kappa shape index (κ2) is 10.3. The molecule has 0 aromatic heterocycles. The largest absolute Gasteiger partial charge is 0.497 e. The van der Waals surface area contributed by atoms with E-state index in [4.69, 9.17) is 14.2 Å². The number of carbonyl (C=O) groups excluding carboxylic acids is 2. The highest BCUT2D eigenvalue weighted by atomic mass is 32.2. The average Bonchev–Trinajstić information content (AvgIpc) is 3.18. The number of aryl methyl sites for hydroxylation is 1. The number of carbonyl (C=O) groups is 2. The number of aliphatic imine (C=N–C) groups is 1. The second-order valence-corrected chi connectivity index (χ2v) is 8.38. The van der Waals surface area contributed by atoms with E-state index in [2.05, 4.69) is 10.3 Å². The molecule has 7 nitrogen and oxygen atoms in total. The molecule has 4 rings (SSSR count). The molecular formula is C26H22N2O5S. The lowest BCUT2D eigenvalue weighted by molar-refractivity contribution is -0.115. The molecule has 1 N–H and O–H groups in total. The molecule has 1 aliphatic rings. The zero-order chi connectivity index (χ0) is 24.1. The third-order valence-corrected chi connectivity index (χ3v) is 5.84. The van der Waals surface area contributed by atoms with Gasteiger partial charge in [0, 0.05) is 0 Å². The molecule has 0 atom stereocenters. The smallest absolute Gasteiger partial charge is 0.343 e. The molecule has 1 fully saturated rings. The van der Waals surface area contributed by atoms with Crippen LogP contribution in [0.1, 0.15) is 21.5 Å². The fraction of sp³-hybridized carbons (Fsp3) is 0.115. The number of hydrogen-bond donors (Lipinski definition) is 1. The van der Waals surface area contributed by atoms with Gasteiger partial charge < -0.3 is 19.5 Å². The van der Waals surface area contributed by atoms with Crippen molar-refractivity contribution in [2.45, 2.75) is 6.92 Å². The summed E-state index contributed by atoms with van der Waals surface area (Å²) in [6.07, 6.45) is 1.71. The maximum absolute atomic E-state index is 12.6. The SMILES string of the molecule is COc1ccc(N=C2NC(=O)/C(=C\c3ccc(OC)c(OC(=O)c4ccc(C)cc4)c3)S2)cc1. The maximum atomic E-state index is 12.6. The van der Waals surface area contributed by atoms with E-state index in [-0.39, 0.29) is 11.7 Å². The zero-order valence-electron chi connectivity index (χ0n) is 18.8. The second-order valence-electron chi connectivity index (χ2n) is 7.35. The molecular weight excluding hydrogens is 452 g/mol. The molecule has 1 saturated heterocycles. The fourth-order valence-corrected chi connectivity index (χ4v) is 3.96. The minimum absolute atomic E-state index is 0.258. The number of rotatable bonds is 6. The summed E-state index contributed by atoms with van der Waals surface area (Å²) in [5.74, 6) is 0.646. The van der Waals surface area contributed by atoms with Crippen molar-refractivity contribution >= 4 is 40.6 Å². The van der Waals surface area contributed by atoms with E-state index in [1.54, 1.807) is 67.8 Å². The van der Waals surface area contributed by atoms with Crippen molar-refractivity contribution < 1.29 is 23.8 Å². The lowest BCUT2D eigenvalue weighted by Crippen LogP contribution is -2.19. The molecule has 172 valence electrons. The number of esters is 1. The number of nitrogens with one attached hydrogen (secondary N) is 1. The summed E-state index contributed by atoms with van der Waals surface area (Å²) in [7, 11) is 3.10. The van der Waals surface area contributed by atoms with Gasteiger partial charge in [-0.05, 0) is 78.9 Å². The summed E-state index contributed by atoms with van der Waals surface area (Å²) in [5.41, 5.74) is 2.85.